The highest BCUT2D eigenvalue weighted by Crippen LogP contribution is 2.34. The summed E-state index contributed by atoms with van der Waals surface area (Å²) in [4.78, 5) is 0. The lowest BCUT2D eigenvalue weighted by atomic mass is 9.93. The predicted molar refractivity (Wildman–Crippen MR) is 87.4 cm³/mol. The van der Waals surface area contributed by atoms with Gasteiger partial charge < -0.3 is 0 Å². The number of aromatic nitrogens is 1. The molecule has 0 N–H and O–H groups in total. The van der Waals surface area contributed by atoms with Gasteiger partial charge in [0.1, 0.15) is 0 Å². The van der Waals surface area contributed by atoms with Gasteiger partial charge in [-0.15, -0.1) is 0 Å². The summed E-state index contributed by atoms with van der Waals surface area (Å²) in [5, 5.41) is 2.69. The van der Waals surface area contributed by atoms with Crippen molar-refractivity contribution in [2.24, 2.45) is 0 Å². The number of rotatable bonds is 2. The molecule has 0 amide bonds. The van der Waals surface area contributed by atoms with Crippen LogP contribution in [0.4, 0.5) is 0 Å². The Labute approximate surface area is 125 Å². The molecule has 1 aliphatic heterocycles. The van der Waals surface area contributed by atoms with Gasteiger partial charge in [-0.1, -0.05) is 44.2 Å². The van der Waals surface area contributed by atoms with Crippen molar-refractivity contribution in [3.63, 3.8) is 0 Å². The van der Waals surface area contributed by atoms with Gasteiger partial charge in [0.05, 0.1) is 10.9 Å². The molecule has 2 heterocycles. The van der Waals surface area contributed by atoms with E-state index in [1.165, 1.54) is 39.6 Å². The van der Waals surface area contributed by atoms with Crippen LogP contribution < -0.4 is 4.57 Å². The van der Waals surface area contributed by atoms with Crippen LogP contribution in [0.25, 0.3) is 22.0 Å². The quantitative estimate of drug-likeness (QED) is 0.468. The molecule has 0 radical (unpaired) electrons. The smallest absolute Gasteiger partial charge is 0.193 e. The summed E-state index contributed by atoms with van der Waals surface area (Å²) < 4.78 is 2.38. The minimum atomic E-state index is 0.624. The van der Waals surface area contributed by atoms with E-state index in [0.29, 0.717) is 5.92 Å². The van der Waals surface area contributed by atoms with Crippen molar-refractivity contribution in [2.75, 3.05) is 0 Å². The highest BCUT2D eigenvalue weighted by atomic mass is 15.0. The lowest BCUT2D eigenvalue weighted by molar-refractivity contribution is -0.671. The summed E-state index contributed by atoms with van der Waals surface area (Å²) in [5.41, 5.74) is 5.70. The summed E-state index contributed by atoms with van der Waals surface area (Å²) in [6.45, 7) is 5.57. The van der Waals surface area contributed by atoms with Gasteiger partial charge in [-0.2, -0.15) is 4.57 Å². The molecular weight excluding hydrogens is 254 g/mol. The third kappa shape index (κ3) is 1.88. The van der Waals surface area contributed by atoms with Crippen LogP contribution in [0.2, 0.25) is 0 Å². The standard InChI is InChI=1S/C20H20N/c1-3-14(2)16-8-9-17-13-21-11-10-15-6-4-5-7-18(15)20(21)19(17)12-16/h4-12,14H,3,13H2,1-2H3/q+1. The van der Waals surface area contributed by atoms with E-state index in [2.05, 4.69) is 73.1 Å². The predicted octanol–water partition coefficient (Wildman–Crippen LogP) is 4.67. The number of nitrogens with zero attached hydrogens (tertiary/aromatic N) is 1. The highest BCUT2D eigenvalue weighted by Gasteiger charge is 2.28. The van der Waals surface area contributed by atoms with Crippen LogP contribution in [0.1, 0.15) is 37.3 Å². The van der Waals surface area contributed by atoms with E-state index >= 15 is 0 Å². The topological polar surface area (TPSA) is 3.88 Å². The van der Waals surface area contributed by atoms with Crippen molar-refractivity contribution in [3.05, 3.63) is 65.9 Å². The molecule has 0 spiro atoms. The average Bonchev–Trinajstić information content (AvgIpc) is 2.92. The Morgan fingerprint density at radius 3 is 2.81 bits per heavy atom. The van der Waals surface area contributed by atoms with E-state index in [-0.39, 0.29) is 0 Å². The maximum absolute atomic E-state index is 2.41. The fourth-order valence-corrected chi connectivity index (χ4v) is 3.37. The van der Waals surface area contributed by atoms with Gasteiger partial charge in [0.15, 0.2) is 12.7 Å². The summed E-state index contributed by atoms with van der Waals surface area (Å²) in [6.07, 6.45) is 3.41. The second kappa shape index (κ2) is 4.70. The van der Waals surface area contributed by atoms with E-state index in [0.717, 1.165) is 6.54 Å². The molecule has 1 aromatic heterocycles. The second-order valence-electron chi connectivity index (χ2n) is 6.11. The van der Waals surface area contributed by atoms with Gasteiger partial charge in [0.25, 0.3) is 0 Å². The maximum atomic E-state index is 2.41. The first-order valence-corrected chi connectivity index (χ1v) is 7.82. The van der Waals surface area contributed by atoms with Crippen LogP contribution in [0.5, 0.6) is 0 Å². The van der Waals surface area contributed by atoms with Crippen molar-refractivity contribution < 1.29 is 4.57 Å². The monoisotopic (exact) mass is 274 g/mol. The summed E-state index contributed by atoms with van der Waals surface area (Å²) in [7, 11) is 0. The van der Waals surface area contributed by atoms with E-state index in [4.69, 9.17) is 0 Å². The zero-order valence-electron chi connectivity index (χ0n) is 12.6. The zero-order valence-corrected chi connectivity index (χ0v) is 12.6. The average molecular weight is 274 g/mol. The number of benzene rings is 2. The van der Waals surface area contributed by atoms with Crippen LogP contribution in [0.15, 0.2) is 54.7 Å². The largest absolute Gasteiger partial charge is 0.221 e. The highest BCUT2D eigenvalue weighted by molar-refractivity contribution is 5.94. The van der Waals surface area contributed by atoms with Gasteiger partial charge in [-0.05, 0) is 35.4 Å². The Hall–Kier alpha value is -2.15. The maximum Gasteiger partial charge on any atom is 0.221 e. The van der Waals surface area contributed by atoms with E-state index in [9.17, 15) is 0 Å². The third-order valence-corrected chi connectivity index (χ3v) is 4.85. The van der Waals surface area contributed by atoms with E-state index in [1.54, 1.807) is 0 Å². The van der Waals surface area contributed by atoms with Crippen LogP contribution in [-0.2, 0) is 6.54 Å². The van der Waals surface area contributed by atoms with Crippen molar-refractivity contribution in [1.82, 2.24) is 0 Å². The molecule has 104 valence electrons. The Kier molecular flexibility index (Phi) is 2.81. The molecule has 0 saturated carbocycles. The van der Waals surface area contributed by atoms with Crippen LogP contribution in [0, 0.1) is 0 Å². The third-order valence-electron chi connectivity index (χ3n) is 4.85. The fraction of sp³-hybridized carbons (Fsp3) is 0.250. The van der Waals surface area contributed by atoms with Crippen LogP contribution in [-0.4, -0.2) is 0 Å². The van der Waals surface area contributed by atoms with Crippen LogP contribution >= 0.6 is 0 Å². The number of pyridine rings is 1. The first-order valence-electron chi connectivity index (χ1n) is 7.82. The van der Waals surface area contributed by atoms with Crippen LogP contribution in [0.3, 0.4) is 0 Å². The molecule has 2 aromatic carbocycles. The molecule has 1 nitrogen and oxygen atoms in total. The summed E-state index contributed by atoms with van der Waals surface area (Å²) in [6, 6.07) is 18.0. The minimum absolute atomic E-state index is 0.624. The minimum Gasteiger partial charge on any atom is -0.193 e. The second-order valence-corrected chi connectivity index (χ2v) is 6.11. The lowest BCUT2D eigenvalue weighted by Gasteiger charge is -2.09. The molecule has 1 heteroatoms. The molecule has 3 aromatic rings. The Bertz CT molecular complexity index is 832. The fourth-order valence-electron chi connectivity index (χ4n) is 3.37. The molecule has 0 fully saturated rings. The molecule has 0 saturated heterocycles. The molecule has 0 aliphatic carbocycles. The van der Waals surface area contributed by atoms with Gasteiger partial charge in [0, 0.05) is 11.6 Å². The molecule has 4 rings (SSSR count). The normalized spacial score (nSPS) is 14.0. The Morgan fingerprint density at radius 2 is 1.95 bits per heavy atom. The van der Waals surface area contributed by atoms with E-state index in [1.807, 2.05) is 0 Å². The van der Waals surface area contributed by atoms with Crippen molar-refractivity contribution in [1.29, 1.82) is 0 Å². The SMILES string of the molecule is CCC(C)c1ccc2c(c1)-c1c3ccccc3cc[n+]1C2. The van der Waals surface area contributed by atoms with Crippen molar-refractivity contribution >= 4 is 10.8 Å². The van der Waals surface area contributed by atoms with Crippen molar-refractivity contribution in [3.8, 4) is 11.3 Å². The molecule has 21 heavy (non-hydrogen) atoms. The molecule has 1 atom stereocenters. The Morgan fingerprint density at radius 1 is 1.10 bits per heavy atom. The molecule has 0 bridgehead atoms. The lowest BCUT2D eigenvalue weighted by Crippen LogP contribution is -2.31. The number of hydrogen-bond acceptors (Lipinski definition) is 0. The van der Waals surface area contributed by atoms with Gasteiger partial charge in [0.2, 0.25) is 5.69 Å². The first-order chi connectivity index (χ1) is 10.3. The Balaban J connectivity index is 1.98. The molecule has 1 unspecified atom stereocenters. The summed E-state index contributed by atoms with van der Waals surface area (Å²) >= 11 is 0. The summed E-state index contributed by atoms with van der Waals surface area (Å²) in [5.74, 6) is 0.624. The van der Waals surface area contributed by atoms with Gasteiger partial charge in [-0.25, -0.2) is 0 Å². The van der Waals surface area contributed by atoms with Crippen molar-refractivity contribution in [2.45, 2.75) is 32.7 Å². The van der Waals surface area contributed by atoms with Gasteiger partial charge in [-0.3, -0.25) is 0 Å². The molecular formula is C20H20N+. The van der Waals surface area contributed by atoms with Gasteiger partial charge >= 0.3 is 0 Å². The molecule has 1 aliphatic rings. The first kappa shape index (κ1) is 12.6. The number of hydrogen-bond donors (Lipinski definition) is 0. The zero-order chi connectivity index (χ0) is 14.4. The number of fused-ring (bicyclic) bond motifs is 5. The van der Waals surface area contributed by atoms with E-state index < -0.39 is 0 Å².